The third-order valence-electron chi connectivity index (χ3n) is 4.97. The first-order chi connectivity index (χ1) is 14.0. The van der Waals surface area contributed by atoms with E-state index < -0.39 is 0 Å². The molecule has 0 aliphatic carbocycles. The zero-order valence-electron chi connectivity index (χ0n) is 16.4. The van der Waals surface area contributed by atoms with E-state index in [-0.39, 0.29) is 17.2 Å². The second kappa shape index (κ2) is 8.13. The van der Waals surface area contributed by atoms with Crippen LogP contribution in [0.4, 0.5) is 11.4 Å². The third kappa shape index (κ3) is 4.05. The van der Waals surface area contributed by atoms with Crippen molar-refractivity contribution in [2.75, 3.05) is 16.0 Å². The maximum atomic E-state index is 12.6. The minimum Gasteiger partial charge on any atom is -0.322 e. The summed E-state index contributed by atoms with van der Waals surface area (Å²) in [6.07, 6.45) is 0. The van der Waals surface area contributed by atoms with Crippen LogP contribution in [-0.4, -0.2) is 17.6 Å². The van der Waals surface area contributed by atoms with Crippen LogP contribution in [0.15, 0.2) is 72.8 Å². The lowest BCUT2D eigenvalue weighted by Gasteiger charge is -2.26. The molecule has 1 N–H and O–H groups in total. The van der Waals surface area contributed by atoms with Crippen LogP contribution in [0.1, 0.15) is 32.4 Å². The molecule has 0 spiro atoms. The molecule has 4 nitrogen and oxygen atoms in total. The van der Waals surface area contributed by atoms with Gasteiger partial charge in [0.15, 0.2) is 0 Å². The van der Waals surface area contributed by atoms with E-state index in [2.05, 4.69) is 18.3 Å². The van der Waals surface area contributed by atoms with Crippen molar-refractivity contribution >= 4 is 35.0 Å². The van der Waals surface area contributed by atoms with E-state index in [4.69, 9.17) is 0 Å². The summed E-state index contributed by atoms with van der Waals surface area (Å²) < 4.78 is 0. The second-order valence-electron chi connectivity index (χ2n) is 7.16. The summed E-state index contributed by atoms with van der Waals surface area (Å²) >= 11 is 1.63. The van der Waals surface area contributed by atoms with Gasteiger partial charge in [-0.25, -0.2) is 0 Å². The average molecular weight is 403 g/mol. The highest BCUT2D eigenvalue weighted by Crippen LogP contribution is 2.43. The van der Waals surface area contributed by atoms with Gasteiger partial charge in [0.1, 0.15) is 5.37 Å². The standard InChI is InChI=1S/C24H22N2O2S/c1-16-8-13-21(17(2)14-16)26-22(27)15-29-24(26)19-9-11-20(12-10-19)25-23(28)18-6-4-3-5-7-18/h3-14,24H,15H2,1-2H3,(H,25,28). The Kier molecular flexibility index (Phi) is 5.41. The molecule has 29 heavy (non-hydrogen) atoms. The predicted molar refractivity (Wildman–Crippen MR) is 119 cm³/mol. The highest BCUT2D eigenvalue weighted by molar-refractivity contribution is 8.00. The summed E-state index contributed by atoms with van der Waals surface area (Å²) in [4.78, 5) is 26.8. The van der Waals surface area contributed by atoms with Crippen LogP contribution in [0.3, 0.4) is 0 Å². The quantitative estimate of drug-likeness (QED) is 0.641. The SMILES string of the molecule is Cc1ccc(N2C(=O)CSC2c2ccc(NC(=O)c3ccccc3)cc2)c(C)c1. The fourth-order valence-corrected chi connectivity index (χ4v) is 4.70. The Morgan fingerprint density at radius 1 is 1.00 bits per heavy atom. The van der Waals surface area contributed by atoms with Gasteiger partial charge in [-0.15, -0.1) is 11.8 Å². The highest BCUT2D eigenvalue weighted by Gasteiger charge is 2.34. The van der Waals surface area contributed by atoms with E-state index in [1.807, 2.05) is 66.4 Å². The summed E-state index contributed by atoms with van der Waals surface area (Å²) in [6, 6.07) is 23.0. The van der Waals surface area contributed by atoms with Gasteiger partial charge < -0.3 is 5.32 Å². The third-order valence-corrected chi connectivity index (χ3v) is 6.18. The Hall–Kier alpha value is -3.05. The molecule has 1 atom stereocenters. The number of carbonyl (C=O) groups excluding carboxylic acids is 2. The molecule has 1 heterocycles. The van der Waals surface area contributed by atoms with Gasteiger partial charge in [-0.3, -0.25) is 14.5 Å². The van der Waals surface area contributed by atoms with Crippen LogP contribution in [-0.2, 0) is 4.79 Å². The first-order valence-electron chi connectivity index (χ1n) is 9.50. The van der Waals surface area contributed by atoms with Crippen LogP contribution in [0, 0.1) is 13.8 Å². The maximum absolute atomic E-state index is 12.6. The zero-order chi connectivity index (χ0) is 20.4. The number of amides is 2. The average Bonchev–Trinajstić information content (AvgIpc) is 3.10. The number of nitrogens with zero attached hydrogens (tertiary/aromatic N) is 1. The van der Waals surface area contributed by atoms with Gasteiger partial charge in [-0.2, -0.15) is 0 Å². The lowest BCUT2D eigenvalue weighted by molar-refractivity contribution is -0.115. The minimum absolute atomic E-state index is 0.0669. The normalized spacial score (nSPS) is 16.1. The number of anilines is 2. The first-order valence-corrected chi connectivity index (χ1v) is 10.5. The fraction of sp³-hybridized carbons (Fsp3) is 0.167. The summed E-state index contributed by atoms with van der Waals surface area (Å²) in [5.41, 5.74) is 5.62. The number of hydrogen-bond acceptors (Lipinski definition) is 3. The summed E-state index contributed by atoms with van der Waals surface area (Å²) in [5, 5.41) is 2.85. The molecule has 0 aromatic heterocycles. The molecule has 1 saturated heterocycles. The Bertz CT molecular complexity index is 1050. The number of carbonyl (C=O) groups is 2. The Morgan fingerprint density at radius 3 is 2.41 bits per heavy atom. The van der Waals surface area contributed by atoms with E-state index >= 15 is 0 Å². The van der Waals surface area contributed by atoms with E-state index in [1.54, 1.807) is 23.9 Å². The van der Waals surface area contributed by atoms with Gasteiger partial charge in [0.05, 0.1) is 5.75 Å². The number of rotatable bonds is 4. The monoisotopic (exact) mass is 402 g/mol. The molecule has 1 aliphatic heterocycles. The Morgan fingerprint density at radius 2 is 1.72 bits per heavy atom. The highest BCUT2D eigenvalue weighted by atomic mass is 32.2. The van der Waals surface area contributed by atoms with Crippen molar-refractivity contribution in [2.45, 2.75) is 19.2 Å². The van der Waals surface area contributed by atoms with Crippen molar-refractivity contribution in [3.05, 3.63) is 95.1 Å². The van der Waals surface area contributed by atoms with Crippen molar-refractivity contribution in [3.63, 3.8) is 0 Å². The first kappa shape index (κ1) is 19.3. The van der Waals surface area contributed by atoms with Crippen molar-refractivity contribution in [1.82, 2.24) is 0 Å². The van der Waals surface area contributed by atoms with Crippen LogP contribution in [0.5, 0.6) is 0 Å². The number of hydrogen-bond donors (Lipinski definition) is 1. The molecule has 5 heteroatoms. The molecule has 1 fully saturated rings. The summed E-state index contributed by atoms with van der Waals surface area (Å²) in [7, 11) is 0. The van der Waals surface area contributed by atoms with E-state index in [9.17, 15) is 9.59 Å². The van der Waals surface area contributed by atoms with Crippen molar-refractivity contribution in [3.8, 4) is 0 Å². The van der Waals surface area contributed by atoms with Crippen molar-refractivity contribution in [1.29, 1.82) is 0 Å². The topological polar surface area (TPSA) is 49.4 Å². The summed E-state index contributed by atoms with van der Waals surface area (Å²) in [5.74, 6) is 0.443. The van der Waals surface area contributed by atoms with Crippen molar-refractivity contribution < 1.29 is 9.59 Å². The second-order valence-corrected chi connectivity index (χ2v) is 8.23. The van der Waals surface area contributed by atoms with Gasteiger partial charge in [0, 0.05) is 16.9 Å². The molecular formula is C24H22N2O2S. The molecule has 1 unspecified atom stereocenters. The molecular weight excluding hydrogens is 380 g/mol. The lowest BCUT2D eigenvalue weighted by atomic mass is 10.1. The number of thioether (sulfide) groups is 1. The molecule has 1 aliphatic rings. The van der Waals surface area contributed by atoms with Crippen LogP contribution >= 0.6 is 11.8 Å². The van der Waals surface area contributed by atoms with Crippen LogP contribution < -0.4 is 10.2 Å². The predicted octanol–water partition coefficient (Wildman–Crippen LogP) is 5.33. The number of benzene rings is 3. The van der Waals surface area contributed by atoms with E-state index in [0.717, 1.165) is 22.5 Å². The molecule has 4 rings (SSSR count). The maximum Gasteiger partial charge on any atom is 0.255 e. The van der Waals surface area contributed by atoms with E-state index in [0.29, 0.717) is 11.3 Å². The molecule has 0 bridgehead atoms. The van der Waals surface area contributed by atoms with Gasteiger partial charge in [0.25, 0.3) is 5.91 Å². The Labute approximate surface area is 174 Å². The molecule has 146 valence electrons. The van der Waals surface area contributed by atoms with Gasteiger partial charge >= 0.3 is 0 Å². The van der Waals surface area contributed by atoms with Gasteiger partial charge in [-0.1, -0.05) is 48.0 Å². The lowest BCUT2D eigenvalue weighted by Crippen LogP contribution is -2.28. The summed E-state index contributed by atoms with van der Waals surface area (Å²) in [6.45, 7) is 4.09. The number of nitrogens with one attached hydrogen (secondary N) is 1. The fourth-order valence-electron chi connectivity index (χ4n) is 3.53. The molecule has 0 saturated carbocycles. The van der Waals surface area contributed by atoms with Crippen LogP contribution in [0.25, 0.3) is 0 Å². The Balaban J connectivity index is 1.55. The van der Waals surface area contributed by atoms with Crippen molar-refractivity contribution in [2.24, 2.45) is 0 Å². The van der Waals surface area contributed by atoms with E-state index in [1.165, 1.54) is 5.56 Å². The molecule has 2 amide bonds. The number of aryl methyl sites for hydroxylation is 2. The van der Waals surface area contributed by atoms with Gasteiger partial charge in [0.2, 0.25) is 5.91 Å². The molecule has 3 aromatic carbocycles. The zero-order valence-corrected chi connectivity index (χ0v) is 17.2. The minimum atomic E-state index is -0.138. The van der Waals surface area contributed by atoms with Gasteiger partial charge in [-0.05, 0) is 55.3 Å². The smallest absolute Gasteiger partial charge is 0.255 e. The molecule has 0 radical (unpaired) electrons. The largest absolute Gasteiger partial charge is 0.322 e. The molecule has 3 aromatic rings. The van der Waals surface area contributed by atoms with Crippen LogP contribution in [0.2, 0.25) is 0 Å².